The van der Waals surface area contributed by atoms with Crippen molar-refractivity contribution in [2.24, 2.45) is 0 Å². The van der Waals surface area contributed by atoms with E-state index >= 15 is 0 Å². The summed E-state index contributed by atoms with van der Waals surface area (Å²) in [5.41, 5.74) is 11.3. The summed E-state index contributed by atoms with van der Waals surface area (Å²) >= 11 is 0. The molecule has 0 radical (unpaired) electrons. The Morgan fingerprint density at radius 2 is 0.792 bits per heavy atom. The number of hydrogen-bond acceptors (Lipinski definition) is 4. The maximum atomic E-state index is 6.26. The molecule has 0 N–H and O–H groups in total. The second kappa shape index (κ2) is 12.9. The Kier molecular flexibility index (Phi) is 7.43. The topological polar surface area (TPSA) is 51.8 Å². The molecule has 0 aliphatic rings. The minimum atomic E-state index is 0.596. The van der Waals surface area contributed by atoms with E-state index in [1.165, 1.54) is 27.5 Å². The molecular weight excluding hydrogens is 647 g/mol. The second-order valence-electron chi connectivity index (χ2n) is 13.1. The number of hydrogen-bond donors (Lipinski definition) is 0. The highest BCUT2D eigenvalue weighted by atomic mass is 16.3. The number of aromatic nitrogens is 3. The quantitative estimate of drug-likeness (QED) is 0.176. The van der Waals surface area contributed by atoms with Gasteiger partial charge in [-0.15, -0.1) is 0 Å². The van der Waals surface area contributed by atoms with Crippen molar-refractivity contribution in [1.82, 2.24) is 15.0 Å². The Bertz CT molecular complexity index is 2940. The van der Waals surface area contributed by atoms with Crippen LogP contribution >= 0.6 is 0 Å². The zero-order valence-electron chi connectivity index (χ0n) is 28.6. The number of nitrogens with zero attached hydrogens (tertiary/aromatic N) is 3. The zero-order chi connectivity index (χ0) is 35.1. The summed E-state index contributed by atoms with van der Waals surface area (Å²) < 4.78 is 6.26. The lowest BCUT2D eigenvalue weighted by atomic mass is 9.87. The lowest BCUT2D eigenvalue weighted by molar-refractivity contribution is 0.669. The van der Waals surface area contributed by atoms with Gasteiger partial charge in [0.25, 0.3) is 0 Å². The number of furan rings is 1. The molecule has 2 aromatic heterocycles. The van der Waals surface area contributed by atoms with Crippen LogP contribution in [0.2, 0.25) is 0 Å². The summed E-state index contributed by atoms with van der Waals surface area (Å²) in [5.74, 6) is 1.81. The van der Waals surface area contributed by atoms with Crippen LogP contribution in [0.15, 0.2) is 192 Å². The Hall–Kier alpha value is -7.17. The highest BCUT2D eigenvalue weighted by Gasteiger charge is 2.20. The van der Waals surface area contributed by atoms with Gasteiger partial charge in [0.2, 0.25) is 0 Å². The van der Waals surface area contributed by atoms with Gasteiger partial charge >= 0.3 is 0 Å². The van der Waals surface area contributed by atoms with Crippen LogP contribution in [0.1, 0.15) is 0 Å². The first-order valence-corrected chi connectivity index (χ1v) is 17.8. The van der Waals surface area contributed by atoms with Crippen molar-refractivity contribution in [2.75, 3.05) is 0 Å². The predicted octanol–water partition coefficient (Wildman–Crippen LogP) is 12.9. The molecule has 0 aliphatic carbocycles. The third-order valence-corrected chi connectivity index (χ3v) is 9.97. The van der Waals surface area contributed by atoms with Crippen LogP contribution in [0.5, 0.6) is 0 Å². The summed E-state index contributed by atoms with van der Waals surface area (Å²) in [4.78, 5) is 15.4. The van der Waals surface area contributed by atoms with E-state index in [9.17, 15) is 0 Å². The van der Waals surface area contributed by atoms with E-state index in [1.807, 2.05) is 60.7 Å². The van der Waals surface area contributed by atoms with Crippen molar-refractivity contribution >= 4 is 32.7 Å². The van der Waals surface area contributed by atoms with Gasteiger partial charge < -0.3 is 4.42 Å². The molecule has 0 aliphatic heterocycles. The smallest absolute Gasteiger partial charge is 0.164 e. The molecule has 248 valence electrons. The maximum absolute atomic E-state index is 6.26. The van der Waals surface area contributed by atoms with E-state index in [-0.39, 0.29) is 0 Å². The average molecular weight is 678 g/mol. The van der Waals surface area contributed by atoms with Crippen LogP contribution in [0.3, 0.4) is 0 Å². The number of para-hydroxylation sites is 1. The largest absolute Gasteiger partial charge is 0.456 e. The minimum absolute atomic E-state index is 0.596. The molecule has 0 saturated heterocycles. The van der Waals surface area contributed by atoms with Gasteiger partial charge in [0, 0.05) is 27.5 Å². The van der Waals surface area contributed by atoms with Crippen molar-refractivity contribution in [3.05, 3.63) is 188 Å². The van der Waals surface area contributed by atoms with E-state index in [0.717, 1.165) is 55.3 Å². The molecule has 0 spiro atoms. The van der Waals surface area contributed by atoms with E-state index in [2.05, 4.69) is 127 Å². The van der Waals surface area contributed by atoms with Gasteiger partial charge in [-0.25, -0.2) is 15.0 Å². The molecule has 0 fully saturated rings. The lowest BCUT2D eigenvalue weighted by Gasteiger charge is -2.17. The Morgan fingerprint density at radius 3 is 1.51 bits per heavy atom. The summed E-state index contributed by atoms with van der Waals surface area (Å²) in [5, 5.41) is 4.44. The lowest BCUT2D eigenvalue weighted by Crippen LogP contribution is -2.01. The van der Waals surface area contributed by atoms with E-state index in [0.29, 0.717) is 17.5 Å². The van der Waals surface area contributed by atoms with Crippen LogP contribution in [0.4, 0.5) is 0 Å². The highest BCUT2D eigenvalue weighted by molar-refractivity contribution is 6.12. The number of rotatable bonds is 6. The first-order chi connectivity index (χ1) is 26.3. The van der Waals surface area contributed by atoms with Crippen LogP contribution in [0, 0.1) is 0 Å². The van der Waals surface area contributed by atoms with Gasteiger partial charge in [0.05, 0.1) is 0 Å². The van der Waals surface area contributed by atoms with Crippen LogP contribution in [-0.2, 0) is 0 Å². The Morgan fingerprint density at radius 1 is 0.283 bits per heavy atom. The van der Waals surface area contributed by atoms with Crippen molar-refractivity contribution in [3.63, 3.8) is 0 Å². The summed E-state index contributed by atoms with van der Waals surface area (Å²) in [6, 6.07) is 65.3. The number of benzene rings is 8. The molecule has 0 amide bonds. The molecule has 2 heterocycles. The van der Waals surface area contributed by atoms with Gasteiger partial charge in [-0.05, 0) is 62.4 Å². The van der Waals surface area contributed by atoms with Crippen LogP contribution in [-0.4, -0.2) is 15.0 Å². The molecule has 53 heavy (non-hydrogen) atoms. The Balaban J connectivity index is 1.19. The van der Waals surface area contributed by atoms with Crippen molar-refractivity contribution in [3.8, 4) is 67.5 Å². The van der Waals surface area contributed by atoms with Crippen molar-refractivity contribution < 1.29 is 4.42 Å². The van der Waals surface area contributed by atoms with Gasteiger partial charge in [-0.2, -0.15) is 0 Å². The summed E-state index contributed by atoms with van der Waals surface area (Å²) in [6.45, 7) is 0. The minimum Gasteiger partial charge on any atom is -0.456 e. The summed E-state index contributed by atoms with van der Waals surface area (Å²) in [6.07, 6.45) is 0. The molecule has 4 nitrogen and oxygen atoms in total. The molecule has 8 aromatic carbocycles. The molecule has 4 heteroatoms. The molecule has 0 bridgehead atoms. The van der Waals surface area contributed by atoms with Gasteiger partial charge in [-0.3, -0.25) is 0 Å². The monoisotopic (exact) mass is 677 g/mol. The predicted molar refractivity (Wildman–Crippen MR) is 217 cm³/mol. The maximum Gasteiger partial charge on any atom is 0.164 e. The van der Waals surface area contributed by atoms with E-state index < -0.39 is 0 Å². The summed E-state index contributed by atoms with van der Waals surface area (Å²) in [7, 11) is 0. The fourth-order valence-corrected chi connectivity index (χ4v) is 7.48. The molecule has 10 aromatic rings. The molecular formula is C49H31N3O. The fourth-order valence-electron chi connectivity index (χ4n) is 7.48. The number of fused-ring (bicyclic) bond motifs is 4. The Labute approximate surface area is 306 Å². The standard InChI is InChI=1S/C49H31N3O/c1-4-15-32(16-5-1)36-29-30-39(38-22-11-10-21-37(36)38)40-28-27-35(31-43(40)33-17-6-2-7-18-33)48-50-47(34-19-8-3-9-20-34)51-49(52-48)42-24-14-26-45-46(42)41-23-12-13-25-44(41)53-45/h1-31H. The molecule has 0 unspecified atom stereocenters. The first-order valence-electron chi connectivity index (χ1n) is 17.8. The normalized spacial score (nSPS) is 11.4. The average Bonchev–Trinajstić information content (AvgIpc) is 3.63. The van der Waals surface area contributed by atoms with E-state index in [1.54, 1.807) is 0 Å². The van der Waals surface area contributed by atoms with Crippen LogP contribution < -0.4 is 0 Å². The first kappa shape index (κ1) is 30.6. The fraction of sp³-hybridized carbons (Fsp3) is 0. The van der Waals surface area contributed by atoms with Crippen molar-refractivity contribution in [2.45, 2.75) is 0 Å². The third kappa shape index (κ3) is 5.45. The van der Waals surface area contributed by atoms with Gasteiger partial charge in [0.15, 0.2) is 17.5 Å². The van der Waals surface area contributed by atoms with Gasteiger partial charge in [0.1, 0.15) is 11.2 Å². The second-order valence-corrected chi connectivity index (χ2v) is 13.1. The zero-order valence-corrected chi connectivity index (χ0v) is 28.6. The van der Waals surface area contributed by atoms with E-state index in [4.69, 9.17) is 19.4 Å². The van der Waals surface area contributed by atoms with Crippen molar-refractivity contribution in [1.29, 1.82) is 0 Å². The molecule has 10 rings (SSSR count). The highest BCUT2D eigenvalue weighted by Crippen LogP contribution is 2.42. The SMILES string of the molecule is c1ccc(-c2nc(-c3ccc(-c4ccc(-c5ccccc5)c5ccccc45)c(-c4ccccc4)c3)nc(-c3cccc4oc5ccccc5c34)n2)cc1. The molecule has 0 atom stereocenters. The van der Waals surface area contributed by atoms with Gasteiger partial charge in [-0.1, -0.05) is 170 Å². The van der Waals surface area contributed by atoms with Crippen LogP contribution in [0.25, 0.3) is 100 Å². The molecule has 0 saturated carbocycles. The third-order valence-electron chi connectivity index (χ3n) is 9.97.